The fraction of sp³-hybridized carbons (Fsp3) is 0.500. The third-order valence-corrected chi connectivity index (χ3v) is 3.27. The molecule has 1 fully saturated rings. The molecule has 0 amide bonds. The summed E-state index contributed by atoms with van der Waals surface area (Å²) in [5, 5.41) is 3.34. The molecule has 0 heterocycles. The third kappa shape index (κ3) is 2.43. The summed E-state index contributed by atoms with van der Waals surface area (Å²) in [5.41, 5.74) is 1.70. The van der Waals surface area contributed by atoms with Crippen LogP contribution in [0.2, 0.25) is 0 Å². The molecule has 0 unspecified atom stereocenters. The van der Waals surface area contributed by atoms with Crippen LogP contribution in [0.25, 0.3) is 0 Å². The van der Waals surface area contributed by atoms with Crippen LogP contribution >= 0.6 is 0 Å². The van der Waals surface area contributed by atoms with E-state index in [0.717, 1.165) is 24.9 Å². The van der Waals surface area contributed by atoms with Crippen molar-refractivity contribution in [2.24, 2.45) is 0 Å². The Hall–Kier alpha value is -1.51. The molecule has 0 aliphatic heterocycles. The summed E-state index contributed by atoms with van der Waals surface area (Å²) in [5.74, 6) is -0.118. The number of rotatable bonds is 4. The van der Waals surface area contributed by atoms with Crippen molar-refractivity contribution in [2.75, 3.05) is 11.9 Å². The Morgan fingerprint density at radius 1 is 1.47 bits per heavy atom. The zero-order valence-corrected chi connectivity index (χ0v) is 10.5. The van der Waals surface area contributed by atoms with Gasteiger partial charge in [0.1, 0.15) is 5.54 Å². The van der Waals surface area contributed by atoms with Crippen LogP contribution in [0.15, 0.2) is 24.3 Å². The summed E-state index contributed by atoms with van der Waals surface area (Å²) >= 11 is 0. The molecule has 1 N–H and O–H groups in total. The first-order valence-corrected chi connectivity index (χ1v) is 6.18. The molecule has 1 aliphatic carbocycles. The minimum atomic E-state index is -0.482. The first kappa shape index (κ1) is 12.0. The van der Waals surface area contributed by atoms with Gasteiger partial charge in [0.2, 0.25) is 0 Å². The standard InChI is InChI=1S/C14H19NO2/c1-3-17-13(16)14(8-5-9-14)15-12-7-4-6-11(2)10-12/h4,6-7,10,15H,3,5,8-9H2,1-2H3. The second-order valence-electron chi connectivity index (χ2n) is 4.65. The van der Waals surface area contributed by atoms with Gasteiger partial charge in [0.05, 0.1) is 6.61 Å². The minimum Gasteiger partial charge on any atom is -0.464 e. The number of ether oxygens (including phenoxy) is 1. The fourth-order valence-corrected chi connectivity index (χ4v) is 2.18. The van der Waals surface area contributed by atoms with Gasteiger partial charge in [-0.2, -0.15) is 0 Å². The SMILES string of the molecule is CCOC(=O)C1(Nc2cccc(C)c2)CCC1. The number of hydrogen-bond acceptors (Lipinski definition) is 3. The van der Waals surface area contributed by atoms with Crippen LogP contribution in [-0.4, -0.2) is 18.1 Å². The van der Waals surface area contributed by atoms with Crippen LogP contribution in [-0.2, 0) is 9.53 Å². The molecule has 0 atom stereocenters. The van der Waals surface area contributed by atoms with E-state index in [4.69, 9.17) is 4.74 Å². The predicted molar refractivity (Wildman–Crippen MR) is 68.0 cm³/mol. The van der Waals surface area contributed by atoms with Crippen molar-refractivity contribution >= 4 is 11.7 Å². The van der Waals surface area contributed by atoms with Crippen LogP contribution in [0.1, 0.15) is 31.7 Å². The van der Waals surface area contributed by atoms with Crippen molar-refractivity contribution < 1.29 is 9.53 Å². The van der Waals surface area contributed by atoms with Crippen molar-refractivity contribution in [2.45, 2.75) is 38.6 Å². The Balaban J connectivity index is 2.12. The molecule has 1 aliphatic rings. The Kier molecular flexibility index (Phi) is 3.36. The van der Waals surface area contributed by atoms with Gasteiger partial charge in [-0.3, -0.25) is 0 Å². The molecule has 0 bridgehead atoms. The second-order valence-corrected chi connectivity index (χ2v) is 4.65. The van der Waals surface area contributed by atoms with E-state index in [1.165, 1.54) is 5.56 Å². The molecule has 3 nitrogen and oxygen atoms in total. The number of anilines is 1. The van der Waals surface area contributed by atoms with E-state index in [0.29, 0.717) is 6.61 Å². The molecular formula is C14H19NO2. The lowest BCUT2D eigenvalue weighted by atomic mass is 9.76. The average Bonchev–Trinajstić information content (AvgIpc) is 2.24. The molecule has 17 heavy (non-hydrogen) atoms. The Morgan fingerprint density at radius 3 is 2.76 bits per heavy atom. The summed E-state index contributed by atoms with van der Waals surface area (Å²) in [4.78, 5) is 12.0. The highest BCUT2D eigenvalue weighted by atomic mass is 16.5. The summed E-state index contributed by atoms with van der Waals surface area (Å²) in [7, 11) is 0. The lowest BCUT2D eigenvalue weighted by Gasteiger charge is -2.40. The third-order valence-electron chi connectivity index (χ3n) is 3.27. The monoisotopic (exact) mass is 233 g/mol. The summed E-state index contributed by atoms with van der Waals surface area (Å²) in [6, 6.07) is 8.09. The molecule has 0 radical (unpaired) electrons. The lowest BCUT2D eigenvalue weighted by molar-refractivity contribution is -0.151. The molecule has 0 saturated heterocycles. The Labute approximate surface area is 102 Å². The zero-order valence-electron chi connectivity index (χ0n) is 10.5. The van der Waals surface area contributed by atoms with E-state index < -0.39 is 5.54 Å². The van der Waals surface area contributed by atoms with Crippen LogP contribution in [0.4, 0.5) is 5.69 Å². The van der Waals surface area contributed by atoms with Gasteiger partial charge < -0.3 is 10.1 Å². The molecular weight excluding hydrogens is 214 g/mol. The first-order valence-electron chi connectivity index (χ1n) is 6.18. The maximum absolute atomic E-state index is 12.0. The van der Waals surface area contributed by atoms with Crippen molar-refractivity contribution in [3.05, 3.63) is 29.8 Å². The number of carbonyl (C=O) groups is 1. The molecule has 0 aromatic heterocycles. The number of aryl methyl sites for hydroxylation is 1. The highest BCUT2D eigenvalue weighted by molar-refractivity contribution is 5.85. The number of benzene rings is 1. The predicted octanol–water partition coefficient (Wildman–Crippen LogP) is 2.89. The van der Waals surface area contributed by atoms with Crippen molar-refractivity contribution in [3.8, 4) is 0 Å². The molecule has 2 rings (SSSR count). The number of hydrogen-bond donors (Lipinski definition) is 1. The second kappa shape index (κ2) is 4.78. The van der Waals surface area contributed by atoms with Gasteiger partial charge in [-0.05, 0) is 50.8 Å². The summed E-state index contributed by atoms with van der Waals surface area (Å²) < 4.78 is 5.15. The summed E-state index contributed by atoms with van der Waals surface area (Å²) in [6.45, 7) is 4.33. The molecule has 3 heteroatoms. The largest absolute Gasteiger partial charge is 0.464 e. The number of carbonyl (C=O) groups excluding carboxylic acids is 1. The van der Waals surface area contributed by atoms with Gasteiger partial charge in [0.25, 0.3) is 0 Å². The molecule has 1 aromatic carbocycles. The van der Waals surface area contributed by atoms with Crippen LogP contribution in [0, 0.1) is 6.92 Å². The highest BCUT2D eigenvalue weighted by Gasteiger charge is 2.45. The maximum Gasteiger partial charge on any atom is 0.331 e. The fourth-order valence-electron chi connectivity index (χ4n) is 2.18. The minimum absolute atomic E-state index is 0.118. The molecule has 0 spiro atoms. The molecule has 92 valence electrons. The van der Waals surface area contributed by atoms with Crippen LogP contribution in [0.3, 0.4) is 0 Å². The van der Waals surface area contributed by atoms with E-state index in [2.05, 4.69) is 11.4 Å². The van der Waals surface area contributed by atoms with Gasteiger partial charge in [0.15, 0.2) is 0 Å². The zero-order chi connectivity index (χ0) is 12.3. The normalized spacial score (nSPS) is 17.1. The molecule has 1 saturated carbocycles. The molecule has 1 aromatic rings. The van der Waals surface area contributed by atoms with Gasteiger partial charge in [-0.1, -0.05) is 12.1 Å². The van der Waals surface area contributed by atoms with Crippen molar-refractivity contribution in [1.29, 1.82) is 0 Å². The quantitative estimate of drug-likeness (QED) is 0.813. The van der Waals surface area contributed by atoms with Gasteiger partial charge in [0, 0.05) is 5.69 Å². The summed E-state index contributed by atoms with van der Waals surface area (Å²) in [6.07, 6.45) is 2.80. The van der Waals surface area contributed by atoms with Gasteiger partial charge >= 0.3 is 5.97 Å². The van der Waals surface area contributed by atoms with Crippen molar-refractivity contribution in [3.63, 3.8) is 0 Å². The van der Waals surface area contributed by atoms with Gasteiger partial charge in [-0.15, -0.1) is 0 Å². The highest BCUT2D eigenvalue weighted by Crippen LogP contribution is 2.36. The number of nitrogens with one attached hydrogen (secondary N) is 1. The lowest BCUT2D eigenvalue weighted by Crippen LogP contribution is -2.53. The average molecular weight is 233 g/mol. The van der Waals surface area contributed by atoms with E-state index in [-0.39, 0.29) is 5.97 Å². The first-order chi connectivity index (χ1) is 8.16. The van der Waals surface area contributed by atoms with Crippen LogP contribution < -0.4 is 5.32 Å². The van der Waals surface area contributed by atoms with Crippen LogP contribution in [0.5, 0.6) is 0 Å². The van der Waals surface area contributed by atoms with E-state index in [9.17, 15) is 4.79 Å². The topological polar surface area (TPSA) is 38.3 Å². The van der Waals surface area contributed by atoms with Gasteiger partial charge in [-0.25, -0.2) is 4.79 Å². The number of esters is 1. The Morgan fingerprint density at radius 2 is 2.24 bits per heavy atom. The van der Waals surface area contributed by atoms with Crippen molar-refractivity contribution in [1.82, 2.24) is 0 Å². The van der Waals surface area contributed by atoms with E-state index in [1.807, 2.05) is 32.0 Å². The van der Waals surface area contributed by atoms with E-state index >= 15 is 0 Å². The Bertz CT molecular complexity index is 410. The van der Waals surface area contributed by atoms with E-state index in [1.54, 1.807) is 0 Å². The smallest absolute Gasteiger partial charge is 0.331 e. The maximum atomic E-state index is 12.0.